The van der Waals surface area contributed by atoms with Crippen LogP contribution in [-0.4, -0.2) is 32.2 Å². The van der Waals surface area contributed by atoms with Crippen LogP contribution in [0.25, 0.3) is 33.5 Å². The second-order valence-corrected chi connectivity index (χ2v) is 8.90. The van der Waals surface area contributed by atoms with E-state index in [4.69, 9.17) is 14.1 Å². The number of benzene rings is 2. The average Bonchev–Trinajstić information content (AvgIpc) is 3.65. The molecule has 3 aromatic heterocycles. The third kappa shape index (κ3) is 3.71. The molecular weight excluding hydrogens is 444 g/mol. The predicted molar refractivity (Wildman–Crippen MR) is 131 cm³/mol. The maximum absolute atomic E-state index is 12.6. The number of hydrogen-bond donors (Lipinski definition) is 0. The van der Waals surface area contributed by atoms with Gasteiger partial charge in [-0.05, 0) is 61.4 Å². The zero-order valence-corrected chi connectivity index (χ0v) is 19.3. The van der Waals surface area contributed by atoms with Crippen LogP contribution in [-0.2, 0) is 11.3 Å². The lowest BCUT2D eigenvalue weighted by Gasteiger charge is -2.17. The molecule has 0 aliphatic heterocycles. The first-order valence-electron chi connectivity index (χ1n) is 11.7. The van der Waals surface area contributed by atoms with E-state index in [1.807, 2.05) is 30.3 Å². The highest BCUT2D eigenvalue weighted by Crippen LogP contribution is 2.37. The lowest BCUT2D eigenvalue weighted by atomic mass is 10.1. The molecule has 0 atom stereocenters. The van der Waals surface area contributed by atoms with Gasteiger partial charge in [0.25, 0.3) is 5.56 Å². The second kappa shape index (κ2) is 8.54. The third-order valence-electron chi connectivity index (χ3n) is 6.80. The van der Waals surface area contributed by atoms with Gasteiger partial charge in [0.15, 0.2) is 0 Å². The summed E-state index contributed by atoms with van der Waals surface area (Å²) >= 11 is 0. The van der Waals surface area contributed by atoms with Gasteiger partial charge < -0.3 is 13.7 Å². The Morgan fingerprint density at radius 2 is 1.91 bits per heavy atom. The smallest absolute Gasteiger partial charge is 0.337 e. The van der Waals surface area contributed by atoms with Crippen molar-refractivity contribution in [2.24, 2.45) is 0 Å². The van der Waals surface area contributed by atoms with E-state index in [1.54, 1.807) is 29.0 Å². The zero-order valence-electron chi connectivity index (χ0n) is 19.3. The van der Waals surface area contributed by atoms with Gasteiger partial charge in [0.05, 0.1) is 53.7 Å². The van der Waals surface area contributed by atoms with Crippen molar-refractivity contribution in [2.75, 3.05) is 7.11 Å². The summed E-state index contributed by atoms with van der Waals surface area (Å²) in [5.74, 6) is 1.16. The number of rotatable bonds is 5. The van der Waals surface area contributed by atoms with Gasteiger partial charge in [-0.25, -0.2) is 14.8 Å². The van der Waals surface area contributed by atoms with E-state index in [9.17, 15) is 9.59 Å². The van der Waals surface area contributed by atoms with E-state index in [1.165, 1.54) is 26.1 Å². The molecule has 0 saturated heterocycles. The van der Waals surface area contributed by atoms with Crippen LogP contribution in [0.1, 0.15) is 47.8 Å². The summed E-state index contributed by atoms with van der Waals surface area (Å²) < 4.78 is 14.3. The van der Waals surface area contributed by atoms with E-state index in [0.717, 1.165) is 40.8 Å². The number of carbonyl (C=O) groups excluding carboxylic acids is 1. The van der Waals surface area contributed by atoms with Crippen LogP contribution in [0, 0.1) is 0 Å². The minimum atomic E-state index is -0.381. The quantitative estimate of drug-likeness (QED) is 0.339. The van der Waals surface area contributed by atoms with Crippen LogP contribution in [0.5, 0.6) is 0 Å². The molecule has 0 radical (unpaired) electrons. The monoisotopic (exact) mass is 468 g/mol. The fraction of sp³-hybridized carbons (Fsp3) is 0.259. The third-order valence-corrected chi connectivity index (χ3v) is 6.80. The average molecular weight is 469 g/mol. The molecule has 6 rings (SSSR count). The highest BCUT2D eigenvalue weighted by Gasteiger charge is 2.24. The van der Waals surface area contributed by atoms with Crippen LogP contribution < -0.4 is 5.56 Å². The Morgan fingerprint density at radius 1 is 1.09 bits per heavy atom. The van der Waals surface area contributed by atoms with Crippen LogP contribution in [0.2, 0.25) is 0 Å². The molecule has 0 amide bonds. The van der Waals surface area contributed by atoms with Crippen LogP contribution in [0.3, 0.4) is 0 Å². The lowest BCUT2D eigenvalue weighted by molar-refractivity contribution is 0.0601. The summed E-state index contributed by atoms with van der Waals surface area (Å²) in [4.78, 5) is 34.1. The largest absolute Gasteiger partial charge is 0.467 e. The molecule has 1 saturated carbocycles. The first kappa shape index (κ1) is 21.3. The predicted octanol–water partition coefficient (Wildman–Crippen LogP) is 4.96. The molecule has 8 nitrogen and oxygen atoms in total. The van der Waals surface area contributed by atoms with E-state index < -0.39 is 0 Å². The Hall–Kier alpha value is -4.20. The fourth-order valence-electron chi connectivity index (χ4n) is 5.11. The maximum Gasteiger partial charge on any atom is 0.337 e. The second-order valence-electron chi connectivity index (χ2n) is 8.90. The van der Waals surface area contributed by atoms with Crippen molar-refractivity contribution >= 4 is 28.0 Å². The molecule has 2 aromatic carbocycles. The van der Waals surface area contributed by atoms with E-state index in [0.29, 0.717) is 29.4 Å². The number of furan rings is 1. The number of aromatic nitrogens is 4. The van der Waals surface area contributed by atoms with Gasteiger partial charge in [-0.1, -0.05) is 12.8 Å². The molecular formula is C27H24N4O4. The van der Waals surface area contributed by atoms with Crippen molar-refractivity contribution in [1.29, 1.82) is 0 Å². The molecule has 176 valence electrons. The number of ether oxygens (including phenoxy) is 1. The Bertz CT molecular complexity index is 1610. The van der Waals surface area contributed by atoms with Crippen molar-refractivity contribution in [3.8, 4) is 11.4 Å². The minimum absolute atomic E-state index is 0.185. The van der Waals surface area contributed by atoms with Gasteiger partial charge in [0, 0.05) is 11.6 Å². The Labute approximate surface area is 200 Å². The molecule has 1 aliphatic rings. The molecule has 0 spiro atoms. The number of carbonyl (C=O) groups is 1. The van der Waals surface area contributed by atoms with Gasteiger partial charge in [-0.15, -0.1) is 0 Å². The molecule has 0 N–H and O–H groups in total. The SMILES string of the molecule is COC(=O)c1ccc2c(c1)nc(-c1ccc3c(c1)ncc(=O)n3Cc1ccco1)n2C1CCCC1. The first-order chi connectivity index (χ1) is 17.1. The number of nitrogens with zero attached hydrogens (tertiary/aromatic N) is 4. The van der Waals surface area contributed by atoms with Gasteiger partial charge in [-0.3, -0.25) is 9.36 Å². The molecule has 3 heterocycles. The number of hydrogen-bond acceptors (Lipinski definition) is 6. The normalized spacial score (nSPS) is 14.2. The number of methoxy groups -OCH3 is 1. The summed E-state index contributed by atoms with van der Waals surface area (Å²) in [5.41, 5.74) is 4.39. The topological polar surface area (TPSA) is 92.2 Å². The summed E-state index contributed by atoms with van der Waals surface area (Å²) in [7, 11) is 1.38. The van der Waals surface area contributed by atoms with Crippen LogP contribution in [0.4, 0.5) is 0 Å². The number of fused-ring (bicyclic) bond motifs is 2. The van der Waals surface area contributed by atoms with Gasteiger partial charge in [-0.2, -0.15) is 0 Å². The van der Waals surface area contributed by atoms with E-state index >= 15 is 0 Å². The molecule has 0 unspecified atom stereocenters. The molecule has 35 heavy (non-hydrogen) atoms. The standard InChI is InChI=1S/C27H24N4O4/c1-34-27(33)18-9-11-24-22(14-18)29-26(31(24)19-5-2-3-6-19)17-8-10-23-21(13-17)28-15-25(32)30(23)16-20-7-4-12-35-20/h4,7-15,19H,2-3,5-6,16H2,1H3. The molecule has 1 aliphatic carbocycles. The van der Waals surface area contributed by atoms with Crippen molar-refractivity contribution in [1.82, 2.24) is 19.1 Å². The summed E-state index contributed by atoms with van der Waals surface area (Å²) in [6, 6.07) is 15.4. The van der Waals surface area contributed by atoms with E-state index in [2.05, 4.69) is 9.55 Å². The highest BCUT2D eigenvalue weighted by atomic mass is 16.5. The summed E-state index contributed by atoms with van der Waals surface area (Å²) in [6.07, 6.45) is 7.49. The molecule has 8 heteroatoms. The van der Waals surface area contributed by atoms with E-state index in [-0.39, 0.29) is 11.5 Å². The lowest BCUT2D eigenvalue weighted by Crippen LogP contribution is -2.20. The summed E-state index contributed by atoms with van der Waals surface area (Å²) in [5, 5.41) is 0. The molecule has 1 fully saturated rings. The minimum Gasteiger partial charge on any atom is -0.467 e. The van der Waals surface area contributed by atoms with Crippen molar-refractivity contribution in [3.63, 3.8) is 0 Å². The van der Waals surface area contributed by atoms with Gasteiger partial charge >= 0.3 is 5.97 Å². The van der Waals surface area contributed by atoms with Gasteiger partial charge in [0.2, 0.25) is 0 Å². The van der Waals surface area contributed by atoms with Crippen molar-refractivity contribution in [3.05, 3.63) is 82.7 Å². The number of esters is 1. The van der Waals surface area contributed by atoms with Crippen LogP contribution in [0.15, 0.2) is 70.2 Å². The fourth-order valence-corrected chi connectivity index (χ4v) is 5.11. The zero-order chi connectivity index (χ0) is 23.9. The maximum atomic E-state index is 12.6. The Balaban J connectivity index is 1.51. The van der Waals surface area contributed by atoms with Crippen LogP contribution >= 0.6 is 0 Å². The highest BCUT2D eigenvalue weighted by molar-refractivity contribution is 5.94. The van der Waals surface area contributed by atoms with Gasteiger partial charge in [0.1, 0.15) is 11.6 Å². The summed E-state index contributed by atoms with van der Waals surface area (Å²) in [6.45, 7) is 0.334. The van der Waals surface area contributed by atoms with Crippen molar-refractivity contribution < 1.29 is 13.9 Å². The Kier molecular flexibility index (Phi) is 5.21. The molecule has 5 aromatic rings. The van der Waals surface area contributed by atoms with Crippen molar-refractivity contribution in [2.45, 2.75) is 38.3 Å². The first-order valence-corrected chi connectivity index (χ1v) is 11.7. The molecule has 0 bridgehead atoms. The number of imidazole rings is 1. The Morgan fingerprint density at radius 3 is 2.69 bits per heavy atom.